The molecular formula is C22H25N3O. The first-order valence-corrected chi connectivity index (χ1v) is 9.21. The van der Waals surface area contributed by atoms with Gasteiger partial charge < -0.3 is 9.88 Å². The molecule has 1 atom stereocenters. The van der Waals surface area contributed by atoms with E-state index in [-0.39, 0.29) is 11.9 Å². The molecular weight excluding hydrogens is 322 g/mol. The van der Waals surface area contributed by atoms with E-state index >= 15 is 0 Å². The first-order valence-electron chi connectivity index (χ1n) is 9.21. The number of nitrogens with one attached hydrogen (secondary N) is 1. The quantitative estimate of drug-likeness (QED) is 0.787. The number of likely N-dealkylation sites (N-methyl/N-ethyl adjacent to an activating group) is 1. The van der Waals surface area contributed by atoms with E-state index in [9.17, 15) is 4.79 Å². The number of hydrogen-bond acceptors (Lipinski definition) is 2. The molecule has 1 N–H and O–H groups in total. The number of amides is 1. The van der Waals surface area contributed by atoms with E-state index < -0.39 is 0 Å². The number of para-hydroxylation sites is 1. The highest BCUT2D eigenvalue weighted by atomic mass is 16.2. The topological polar surface area (TPSA) is 39.3 Å². The van der Waals surface area contributed by atoms with Crippen molar-refractivity contribution in [2.75, 3.05) is 20.6 Å². The van der Waals surface area contributed by atoms with Gasteiger partial charge in [0.25, 0.3) is 0 Å². The van der Waals surface area contributed by atoms with Crippen LogP contribution in [-0.2, 0) is 24.2 Å². The van der Waals surface area contributed by atoms with Gasteiger partial charge in [-0.2, -0.15) is 0 Å². The van der Waals surface area contributed by atoms with Gasteiger partial charge in [0.1, 0.15) is 0 Å². The Labute approximate surface area is 154 Å². The third kappa shape index (κ3) is 3.13. The summed E-state index contributed by atoms with van der Waals surface area (Å²) in [6, 6.07) is 18.5. The number of aromatic amines is 1. The summed E-state index contributed by atoms with van der Waals surface area (Å²) < 4.78 is 0. The lowest BCUT2D eigenvalue weighted by Crippen LogP contribution is -2.48. The number of hydrogen-bond donors (Lipinski definition) is 1. The number of carbonyl (C=O) groups is 1. The molecule has 4 heteroatoms. The second kappa shape index (κ2) is 6.96. The van der Waals surface area contributed by atoms with Crippen molar-refractivity contribution in [3.63, 3.8) is 0 Å². The molecule has 4 rings (SSSR count). The van der Waals surface area contributed by atoms with Gasteiger partial charge >= 0.3 is 0 Å². The molecule has 1 unspecified atom stereocenters. The van der Waals surface area contributed by atoms with E-state index in [1.165, 1.54) is 27.7 Å². The molecule has 0 bridgehead atoms. The van der Waals surface area contributed by atoms with Crippen molar-refractivity contribution in [2.24, 2.45) is 0 Å². The highest BCUT2D eigenvalue weighted by Gasteiger charge is 2.30. The molecule has 0 fully saturated rings. The van der Waals surface area contributed by atoms with Gasteiger partial charge in [0.2, 0.25) is 5.91 Å². The van der Waals surface area contributed by atoms with E-state index in [0.717, 1.165) is 19.4 Å². The van der Waals surface area contributed by atoms with Gasteiger partial charge in [0.05, 0.1) is 12.6 Å². The van der Waals surface area contributed by atoms with Crippen LogP contribution in [0.3, 0.4) is 0 Å². The Balaban J connectivity index is 1.55. The maximum absolute atomic E-state index is 13.2. The molecule has 0 radical (unpaired) electrons. The maximum atomic E-state index is 13.2. The van der Waals surface area contributed by atoms with Crippen molar-refractivity contribution < 1.29 is 4.79 Å². The average molecular weight is 347 g/mol. The van der Waals surface area contributed by atoms with Crippen LogP contribution in [0.1, 0.15) is 16.8 Å². The summed E-state index contributed by atoms with van der Waals surface area (Å²) in [5.74, 6) is 0.211. The summed E-state index contributed by atoms with van der Waals surface area (Å²) >= 11 is 0. The van der Waals surface area contributed by atoms with Crippen LogP contribution in [0.15, 0.2) is 54.6 Å². The van der Waals surface area contributed by atoms with Gasteiger partial charge in [-0.15, -0.1) is 0 Å². The molecule has 0 saturated heterocycles. The minimum atomic E-state index is -0.136. The van der Waals surface area contributed by atoms with Gasteiger partial charge in [-0.3, -0.25) is 9.69 Å². The second-order valence-corrected chi connectivity index (χ2v) is 7.31. The van der Waals surface area contributed by atoms with Gasteiger partial charge in [-0.1, -0.05) is 48.5 Å². The Morgan fingerprint density at radius 1 is 1.12 bits per heavy atom. The first-order chi connectivity index (χ1) is 12.6. The Kier molecular flexibility index (Phi) is 4.51. The minimum Gasteiger partial charge on any atom is -0.357 e. The van der Waals surface area contributed by atoms with Crippen LogP contribution in [0, 0.1) is 0 Å². The van der Waals surface area contributed by atoms with Crippen LogP contribution in [0.25, 0.3) is 10.9 Å². The molecule has 3 aromatic rings. The zero-order valence-electron chi connectivity index (χ0n) is 15.4. The van der Waals surface area contributed by atoms with Crippen LogP contribution >= 0.6 is 0 Å². The fraction of sp³-hybridized carbons (Fsp3) is 0.318. The monoisotopic (exact) mass is 347 g/mol. The fourth-order valence-electron chi connectivity index (χ4n) is 3.92. The molecule has 0 saturated carbocycles. The van der Waals surface area contributed by atoms with Gasteiger partial charge in [0.15, 0.2) is 0 Å². The van der Waals surface area contributed by atoms with Gasteiger partial charge in [-0.25, -0.2) is 0 Å². The molecule has 2 heterocycles. The maximum Gasteiger partial charge on any atom is 0.240 e. The number of nitrogens with zero attached hydrogens (tertiary/aromatic N) is 2. The molecule has 0 aliphatic carbocycles. The number of H-pyrrole nitrogens is 1. The Morgan fingerprint density at radius 2 is 1.85 bits per heavy atom. The molecule has 1 aliphatic rings. The number of fused-ring (bicyclic) bond motifs is 3. The van der Waals surface area contributed by atoms with Crippen molar-refractivity contribution in [3.8, 4) is 0 Å². The van der Waals surface area contributed by atoms with E-state index in [2.05, 4.69) is 41.4 Å². The van der Waals surface area contributed by atoms with E-state index in [1.807, 2.05) is 42.1 Å². The van der Waals surface area contributed by atoms with Crippen molar-refractivity contribution >= 4 is 16.8 Å². The highest BCUT2D eigenvalue weighted by molar-refractivity contribution is 5.86. The summed E-state index contributed by atoms with van der Waals surface area (Å²) in [5.41, 5.74) is 4.92. The molecule has 1 amide bonds. The summed E-state index contributed by atoms with van der Waals surface area (Å²) in [7, 11) is 3.98. The van der Waals surface area contributed by atoms with E-state index in [1.54, 1.807) is 0 Å². The first kappa shape index (κ1) is 16.9. The highest BCUT2D eigenvalue weighted by Crippen LogP contribution is 2.28. The predicted molar refractivity (Wildman–Crippen MR) is 105 cm³/mol. The van der Waals surface area contributed by atoms with Crippen LogP contribution in [-0.4, -0.2) is 47.4 Å². The summed E-state index contributed by atoms with van der Waals surface area (Å²) in [5, 5.41) is 1.29. The largest absolute Gasteiger partial charge is 0.357 e. The normalized spacial score (nSPS) is 15.3. The van der Waals surface area contributed by atoms with Crippen molar-refractivity contribution in [2.45, 2.75) is 25.4 Å². The molecule has 0 spiro atoms. The van der Waals surface area contributed by atoms with Crippen molar-refractivity contribution in [3.05, 3.63) is 71.4 Å². The van der Waals surface area contributed by atoms with Gasteiger partial charge in [-0.05, 0) is 44.1 Å². The third-order valence-corrected chi connectivity index (χ3v) is 5.37. The second-order valence-electron chi connectivity index (χ2n) is 7.31. The molecule has 1 aliphatic heterocycles. The molecule has 4 nitrogen and oxygen atoms in total. The predicted octanol–water partition coefficient (Wildman–Crippen LogP) is 3.23. The Hall–Kier alpha value is -2.59. The van der Waals surface area contributed by atoms with E-state index in [4.69, 9.17) is 0 Å². The SMILES string of the molecule is CN(C)C(Cc1ccccc1)C(=O)N1CCc2c([nH]c3ccccc23)C1. The zero-order valence-corrected chi connectivity index (χ0v) is 15.4. The number of carbonyl (C=O) groups excluding carboxylic acids is 1. The number of benzene rings is 2. The van der Waals surface area contributed by atoms with Crippen LogP contribution in [0.2, 0.25) is 0 Å². The van der Waals surface area contributed by atoms with Crippen molar-refractivity contribution in [1.29, 1.82) is 0 Å². The fourth-order valence-corrected chi connectivity index (χ4v) is 3.92. The summed E-state index contributed by atoms with van der Waals surface area (Å²) in [6.45, 7) is 1.45. The summed E-state index contributed by atoms with van der Waals surface area (Å²) in [6.07, 6.45) is 1.65. The number of aromatic nitrogens is 1. The van der Waals surface area contributed by atoms with Crippen LogP contribution in [0.5, 0.6) is 0 Å². The standard InChI is InChI=1S/C22H25N3O/c1-24(2)21(14-16-8-4-3-5-9-16)22(26)25-13-12-18-17-10-6-7-11-19(17)23-20(18)15-25/h3-11,21,23H,12-15H2,1-2H3. The zero-order chi connectivity index (χ0) is 18.1. The third-order valence-electron chi connectivity index (χ3n) is 5.37. The lowest BCUT2D eigenvalue weighted by molar-refractivity contribution is -0.137. The summed E-state index contributed by atoms with van der Waals surface area (Å²) in [4.78, 5) is 20.8. The smallest absolute Gasteiger partial charge is 0.240 e. The van der Waals surface area contributed by atoms with Crippen LogP contribution in [0.4, 0.5) is 0 Å². The molecule has 2 aromatic carbocycles. The lowest BCUT2D eigenvalue weighted by Gasteiger charge is -2.33. The number of rotatable bonds is 4. The molecule has 26 heavy (non-hydrogen) atoms. The Morgan fingerprint density at radius 3 is 2.62 bits per heavy atom. The molecule has 1 aromatic heterocycles. The van der Waals surface area contributed by atoms with Crippen molar-refractivity contribution in [1.82, 2.24) is 14.8 Å². The lowest BCUT2D eigenvalue weighted by atomic mass is 10.0. The van der Waals surface area contributed by atoms with E-state index in [0.29, 0.717) is 6.54 Å². The average Bonchev–Trinajstić information content (AvgIpc) is 3.04. The van der Waals surface area contributed by atoms with Gasteiger partial charge in [0, 0.05) is 23.1 Å². The molecule has 134 valence electrons. The Bertz CT molecular complexity index is 914. The minimum absolute atomic E-state index is 0.136. The van der Waals surface area contributed by atoms with Crippen LogP contribution < -0.4 is 0 Å².